The van der Waals surface area contributed by atoms with Gasteiger partial charge in [-0.3, -0.25) is 0 Å². The van der Waals surface area contributed by atoms with E-state index in [1.54, 1.807) is 29.4 Å². The lowest BCUT2D eigenvalue weighted by Crippen LogP contribution is -2.32. The van der Waals surface area contributed by atoms with Crippen LogP contribution in [0.25, 0.3) is 16.7 Å². The SMILES string of the molecule is O=C(Nc1ccc(F)c(-n2cc3cc(Br)cnc3n2)c1)N1CCCC1. The van der Waals surface area contributed by atoms with Crippen molar-refractivity contribution in [2.75, 3.05) is 18.4 Å². The molecule has 4 rings (SSSR count). The second-order valence-electron chi connectivity index (χ2n) is 5.93. The monoisotopic (exact) mass is 403 g/mol. The Bertz CT molecular complexity index is 951. The van der Waals surface area contributed by atoms with E-state index in [9.17, 15) is 9.18 Å². The van der Waals surface area contributed by atoms with Crippen LogP contribution in [0.2, 0.25) is 0 Å². The van der Waals surface area contributed by atoms with E-state index in [1.807, 2.05) is 6.07 Å². The molecule has 3 heterocycles. The second-order valence-corrected chi connectivity index (χ2v) is 6.85. The van der Waals surface area contributed by atoms with Gasteiger partial charge in [0.2, 0.25) is 0 Å². The van der Waals surface area contributed by atoms with Crippen molar-refractivity contribution in [3.05, 3.63) is 46.9 Å². The molecule has 0 aliphatic carbocycles. The van der Waals surface area contributed by atoms with Gasteiger partial charge in [-0.1, -0.05) is 0 Å². The number of halogens is 2. The fourth-order valence-corrected chi connectivity index (χ4v) is 3.25. The first-order valence-corrected chi connectivity index (χ1v) is 8.76. The minimum absolute atomic E-state index is 0.161. The lowest BCUT2D eigenvalue weighted by molar-refractivity contribution is 0.222. The summed E-state index contributed by atoms with van der Waals surface area (Å²) in [5.74, 6) is -0.425. The summed E-state index contributed by atoms with van der Waals surface area (Å²) in [6.07, 6.45) is 5.38. The minimum atomic E-state index is -0.425. The molecule has 2 amide bonds. The molecule has 6 nitrogen and oxygen atoms in total. The zero-order chi connectivity index (χ0) is 17.4. The number of carbonyl (C=O) groups excluding carboxylic acids is 1. The Hall–Kier alpha value is -2.48. The van der Waals surface area contributed by atoms with Gasteiger partial charge >= 0.3 is 6.03 Å². The summed E-state index contributed by atoms with van der Waals surface area (Å²) in [5.41, 5.74) is 1.31. The van der Waals surface area contributed by atoms with Gasteiger partial charge in [0.1, 0.15) is 11.5 Å². The Morgan fingerprint density at radius 3 is 2.84 bits per heavy atom. The molecular weight excluding hydrogens is 389 g/mol. The molecule has 0 atom stereocenters. The number of nitrogens with zero attached hydrogens (tertiary/aromatic N) is 4. The molecule has 0 unspecified atom stereocenters. The van der Waals surface area contributed by atoms with Gasteiger partial charge in [0, 0.05) is 41.0 Å². The molecule has 1 saturated heterocycles. The minimum Gasteiger partial charge on any atom is -0.325 e. The Morgan fingerprint density at radius 2 is 2.04 bits per heavy atom. The first-order chi connectivity index (χ1) is 12.1. The highest BCUT2D eigenvalue weighted by Gasteiger charge is 2.18. The Kier molecular flexibility index (Phi) is 4.12. The molecule has 0 bridgehead atoms. The second kappa shape index (κ2) is 6.44. The maximum atomic E-state index is 14.3. The standard InChI is InChI=1S/C17H15BrFN5O/c18-12-7-11-10-24(22-16(11)20-9-12)15-8-13(3-4-14(15)19)21-17(25)23-5-1-2-6-23/h3-4,7-10H,1-2,5-6H2,(H,21,25). The number of fused-ring (bicyclic) bond motifs is 1. The lowest BCUT2D eigenvalue weighted by atomic mass is 10.2. The van der Waals surface area contributed by atoms with Gasteiger partial charge in [0.15, 0.2) is 5.65 Å². The quantitative estimate of drug-likeness (QED) is 0.704. The maximum Gasteiger partial charge on any atom is 0.321 e. The number of urea groups is 1. The van der Waals surface area contributed by atoms with Crippen LogP contribution in [0.5, 0.6) is 0 Å². The number of likely N-dealkylation sites (tertiary alicyclic amines) is 1. The third-order valence-electron chi connectivity index (χ3n) is 4.16. The third-order valence-corrected chi connectivity index (χ3v) is 4.60. The number of benzene rings is 1. The molecule has 1 aliphatic rings. The Morgan fingerprint density at radius 1 is 1.24 bits per heavy atom. The number of nitrogens with one attached hydrogen (secondary N) is 1. The van der Waals surface area contributed by atoms with Crippen molar-refractivity contribution in [3.8, 4) is 5.69 Å². The molecule has 8 heteroatoms. The van der Waals surface area contributed by atoms with Crippen LogP contribution in [-0.4, -0.2) is 38.8 Å². The number of carbonyl (C=O) groups is 1. The van der Waals surface area contributed by atoms with E-state index in [0.29, 0.717) is 11.3 Å². The molecule has 2 aromatic heterocycles. The number of pyridine rings is 1. The number of anilines is 1. The van der Waals surface area contributed by atoms with Gasteiger partial charge < -0.3 is 10.2 Å². The van der Waals surface area contributed by atoms with Crippen molar-refractivity contribution in [1.29, 1.82) is 0 Å². The number of hydrogen-bond donors (Lipinski definition) is 1. The van der Waals surface area contributed by atoms with Gasteiger partial charge in [-0.05, 0) is 53.0 Å². The highest BCUT2D eigenvalue weighted by molar-refractivity contribution is 9.10. The van der Waals surface area contributed by atoms with Crippen LogP contribution in [0.3, 0.4) is 0 Å². The normalized spacial score (nSPS) is 14.2. The first-order valence-electron chi connectivity index (χ1n) is 7.97. The van der Waals surface area contributed by atoms with E-state index in [4.69, 9.17) is 0 Å². The summed E-state index contributed by atoms with van der Waals surface area (Å²) in [6.45, 7) is 1.51. The topological polar surface area (TPSA) is 63.1 Å². The van der Waals surface area contributed by atoms with Gasteiger partial charge in [-0.15, -0.1) is 5.10 Å². The predicted molar refractivity (Wildman–Crippen MR) is 96.3 cm³/mol. The highest BCUT2D eigenvalue weighted by atomic mass is 79.9. The molecule has 1 aromatic carbocycles. The first kappa shape index (κ1) is 16.0. The van der Waals surface area contributed by atoms with Crippen LogP contribution in [0.4, 0.5) is 14.9 Å². The fourth-order valence-electron chi connectivity index (χ4n) is 2.90. The summed E-state index contributed by atoms with van der Waals surface area (Å²) in [7, 11) is 0. The molecule has 1 N–H and O–H groups in total. The van der Waals surface area contributed by atoms with Crippen molar-refractivity contribution in [3.63, 3.8) is 0 Å². The molecule has 0 spiro atoms. The van der Waals surface area contributed by atoms with E-state index in [1.165, 1.54) is 10.7 Å². The van der Waals surface area contributed by atoms with Crippen LogP contribution >= 0.6 is 15.9 Å². The average Bonchev–Trinajstić information content (AvgIpc) is 3.25. The zero-order valence-electron chi connectivity index (χ0n) is 13.2. The van der Waals surface area contributed by atoms with E-state index < -0.39 is 5.82 Å². The molecule has 3 aromatic rings. The van der Waals surface area contributed by atoms with Crippen LogP contribution in [0.15, 0.2) is 41.1 Å². The van der Waals surface area contributed by atoms with Crippen molar-refractivity contribution in [2.24, 2.45) is 0 Å². The number of aromatic nitrogens is 3. The van der Waals surface area contributed by atoms with E-state index in [0.717, 1.165) is 35.8 Å². The average molecular weight is 404 g/mol. The van der Waals surface area contributed by atoms with Crippen LogP contribution in [0, 0.1) is 5.82 Å². The fraction of sp³-hybridized carbons (Fsp3) is 0.235. The number of amides is 2. The third kappa shape index (κ3) is 3.21. The van der Waals surface area contributed by atoms with Gasteiger partial charge in [0.25, 0.3) is 0 Å². The predicted octanol–water partition coefficient (Wildman–Crippen LogP) is 3.95. The molecule has 128 valence electrons. The molecule has 0 radical (unpaired) electrons. The lowest BCUT2D eigenvalue weighted by Gasteiger charge is -2.16. The molecule has 1 fully saturated rings. The summed E-state index contributed by atoms with van der Waals surface area (Å²) < 4.78 is 16.5. The van der Waals surface area contributed by atoms with Crippen molar-refractivity contribution in [1.82, 2.24) is 19.7 Å². The molecule has 1 aliphatic heterocycles. The van der Waals surface area contributed by atoms with Crippen molar-refractivity contribution < 1.29 is 9.18 Å². The summed E-state index contributed by atoms with van der Waals surface area (Å²) in [5, 5.41) is 7.92. The van der Waals surface area contributed by atoms with Crippen LogP contribution in [-0.2, 0) is 0 Å². The number of hydrogen-bond acceptors (Lipinski definition) is 3. The van der Waals surface area contributed by atoms with E-state index in [2.05, 4.69) is 31.3 Å². The maximum absolute atomic E-state index is 14.3. The van der Waals surface area contributed by atoms with Gasteiger partial charge in [-0.2, -0.15) is 0 Å². The molecular formula is C17H15BrFN5O. The van der Waals surface area contributed by atoms with Crippen molar-refractivity contribution >= 4 is 38.7 Å². The number of rotatable bonds is 2. The van der Waals surface area contributed by atoms with Crippen molar-refractivity contribution in [2.45, 2.75) is 12.8 Å². The smallest absolute Gasteiger partial charge is 0.321 e. The summed E-state index contributed by atoms with van der Waals surface area (Å²) in [4.78, 5) is 18.2. The van der Waals surface area contributed by atoms with Gasteiger partial charge in [0.05, 0.1) is 0 Å². The largest absolute Gasteiger partial charge is 0.325 e. The molecule has 0 saturated carbocycles. The highest BCUT2D eigenvalue weighted by Crippen LogP contribution is 2.22. The van der Waals surface area contributed by atoms with Gasteiger partial charge in [-0.25, -0.2) is 18.9 Å². The molecule has 25 heavy (non-hydrogen) atoms. The van der Waals surface area contributed by atoms with E-state index in [-0.39, 0.29) is 11.7 Å². The van der Waals surface area contributed by atoms with Crippen LogP contribution in [0.1, 0.15) is 12.8 Å². The summed E-state index contributed by atoms with van der Waals surface area (Å²) in [6, 6.07) is 6.15. The van der Waals surface area contributed by atoms with E-state index >= 15 is 0 Å². The summed E-state index contributed by atoms with van der Waals surface area (Å²) >= 11 is 3.36. The van der Waals surface area contributed by atoms with Crippen LogP contribution < -0.4 is 5.32 Å². The Balaban J connectivity index is 1.65. The zero-order valence-corrected chi connectivity index (χ0v) is 14.8. The Labute approximate surface area is 151 Å².